The van der Waals surface area contributed by atoms with Crippen LogP contribution in [-0.4, -0.2) is 28.1 Å². The van der Waals surface area contributed by atoms with Crippen molar-refractivity contribution in [2.45, 2.75) is 0 Å². The molecular weight excluding hydrogens is 378 g/mol. The Hall–Kier alpha value is -4.14. The third-order valence-electron chi connectivity index (χ3n) is 3.83. The Balaban J connectivity index is 1.73. The molecule has 0 spiro atoms. The summed E-state index contributed by atoms with van der Waals surface area (Å²) in [5, 5.41) is 11.1. The lowest BCUT2D eigenvalue weighted by atomic mass is 10.1. The summed E-state index contributed by atoms with van der Waals surface area (Å²) >= 11 is 0. The van der Waals surface area contributed by atoms with E-state index in [4.69, 9.17) is 9.47 Å². The van der Waals surface area contributed by atoms with Gasteiger partial charge in [0.25, 0.3) is 0 Å². The van der Waals surface area contributed by atoms with Crippen molar-refractivity contribution < 1.29 is 14.4 Å². The highest BCUT2D eigenvalue weighted by molar-refractivity contribution is 5.74. The fourth-order valence-corrected chi connectivity index (χ4v) is 2.55. The number of hydrogen-bond donors (Lipinski definition) is 2. The van der Waals surface area contributed by atoms with E-state index in [1.54, 1.807) is 24.3 Å². The highest BCUT2D eigenvalue weighted by Gasteiger charge is 2.18. The minimum Gasteiger partial charge on any atom is -0.490 e. The van der Waals surface area contributed by atoms with Crippen LogP contribution in [0.5, 0.6) is 11.5 Å². The Labute approximate surface area is 164 Å². The molecule has 29 heavy (non-hydrogen) atoms. The maximum Gasteiger partial charge on any atom is 0.357 e. The van der Waals surface area contributed by atoms with Crippen LogP contribution in [0.15, 0.2) is 64.2 Å². The Morgan fingerprint density at radius 3 is 2.34 bits per heavy atom. The molecule has 0 bridgehead atoms. The average molecular weight is 395 g/mol. The van der Waals surface area contributed by atoms with Gasteiger partial charge in [-0.3, -0.25) is 19.9 Å². The maximum atomic E-state index is 11.7. The van der Waals surface area contributed by atoms with Gasteiger partial charge >= 0.3 is 16.9 Å². The maximum absolute atomic E-state index is 11.7. The number of para-hydroxylation sites is 2. The minimum atomic E-state index is -1.07. The topological polar surface area (TPSA) is 127 Å². The molecule has 3 aromatic rings. The smallest absolute Gasteiger partial charge is 0.357 e. The minimum absolute atomic E-state index is 0.203. The first kappa shape index (κ1) is 19.6. The van der Waals surface area contributed by atoms with Gasteiger partial charge in [0.05, 0.1) is 4.92 Å². The van der Waals surface area contributed by atoms with Crippen LogP contribution in [0.3, 0.4) is 0 Å². The van der Waals surface area contributed by atoms with E-state index in [0.717, 1.165) is 5.75 Å². The number of benzene rings is 2. The van der Waals surface area contributed by atoms with Crippen molar-refractivity contribution >= 4 is 17.8 Å². The molecule has 9 heteroatoms. The van der Waals surface area contributed by atoms with Crippen molar-refractivity contribution in [3.8, 4) is 11.5 Å². The summed E-state index contributed by atoms with van der Waals surface area (Å²) in [6.07, 6.45) is 2.81. The number of nitrogens with zero attached hydrogens (tertiary/aromatic N) is 1. The van der Waals surface area contributed by atoms with Gasteiger partial charge in [-0.2, -0.15) is 0 Å². The molecule has 148 valence electrons. The standard InChI is InChI=1S/C20H17N3O6/c24-19-18(23(26)27)16(21-20(25)22-19)11-10-14-6-4-5-9-17(14)29-13-12-28-15-7-2-1-3-8-15/h1-11H,12-13H2,(H2,21,22,24,25)/b11-10-. The number of hydrogen-bond acceptors (Lipinski definition) is 6. The largest absolute Gasteiger partial charge is 0.490 e. The molecule has 0 unspecified atom stereocenters. The molecule has 0 amide bonds. The van der Waals surface area contributed by atoms with Gasteiger partial charge in [0.1, 0.15) is 30.4 Å². The van der Waals surface area contributed by atoms with Crippen LogP contribution in [0.4, 0.5) is 5.69 Å². The molecule has 1 heterocycles. The van der Waals surface area contributed by atoms with Gasteiger partial charge < -0.3 is 14.5 Å². The van der Waals surface area contributed by atoms with Gasteiger partial charge in [-0.15, -0.1) is 0 Å². The quantitative estimate of drug-likeness (QED) is 0.343. The van der Waals surface area contributed by atoms with E-state index >= 15 is 0 Å². The number of nitrogens with one attached hydrogen (secondary N) is 2. The van der Waals surface area contributed by atoms with Crippen molar-refractivity contribution in [1.82, 2.24) is 9.97 Å². The van der Waals surface area contributed by atoms with Crippen molar-refractivity contribution in [3.05, 3.63) is 96.8 Å². The monoisotopic (exact) mass is 395 g/mol. The van der Waals surface area contributed by atoms with Gasteiger partial charge in [0.2, 0.25) is 0 Å². The molecule has 0 atom stereocenters. The van der Waals surface area contributed by atoms with Gasteiger partial charge in [-0.1, -0.05) is 36.4 Å². The van der Waals surface area contributed by atoms with Gasteiger partial charge in [0, 0.05) is 5.56 Å². The van der Waals surface area contributed by atoms with Gasteiger partial charge in [-0.05, 0) is 30.4 Å². The second-order valence-electron chi connectivity index (χ2n) is 5.81. The first-order chi connectivity index (χ1) is 14.0. The first-order valence-corrected chi connectivity index (χ1v) is 8.63. The van der Waals surface area contributed by atoms with Crippen molar-refractivity contribution in [2.24, 2.45) is 0 Å². The van der Waals surface area contributed by atoms with E-state index in [1.165, 1.54) is 12.2 Å². The normalized spacial score (nSPS) is 10.8. The van der Waals surface area contributed by atoms with Crippen molar-refractivity contribution in [2.75, 3.05) is 13.2 Å². The zero-order valence-electron chi connectivity index (χ0n) is 15.2. The second-order valence-corrected chi connectivity index (χ2v) is 5.81. The van der Waals surface area contributed by atoms with E-state index in [0.29, 0.717) is 17.9 Å². The zero-order valence-corrected chi connectivity index (χ0v) is 15.2. The van der Waals surface area contributed by atoms with Crippen LogP contribution in [-0.2, 0) is 0 Å². The number of ether oxygens (including phenoxy) is 2. The highest BCUT2D eigenvalue weighted by atomic mass is 16.6. The van der Waals surface area contributed by atoms with Gasteiger partial charge in [-0.25, -0.2) is 4.79 Å². The number of aromatic amines is 2. The molecule has 3 rings (SSSR count). The number of rotatable bonds is 8. The fourth-order valence-electron chi connectivity index (χ4n) is 2.55. The van der Waals surface area contributed by atoms with Crippen LogP contribution < -0.4 is 20.7 Å². The van der Waals surface area contributed by atoms with Crippen molar-refractivity contribution in [1.29, 1.82) is 0 Å². The molecule has 0 radical (unpaired) electrons. The first-order valence-electron chi connectivity index (χ1n) is 8.63. The summed E-state index contributed by atoms with van der Waals surface area (Å²) in [6.45, 7) is 0.608. The van der Waals surface area contributed by atoms with E-state index in [9.17, 15) is 19.7 Å². The lowest BCUT2D eigenvalue weighted by Crippen LogP contribution is -2.25. The highest BCUT2D eigenvalue weighted by Crippen LogP contribution is 2.21. The van der Waals surface area contributed by atoms with E-state index in [1.807, 2.05) is 35.3 Å². The second kappa shape index (κ2) is 9.18. The number of nitro groups is 1. The van der Waals surface area contributed by atoms with Crippen LogP contribution in [0, 0.1) is 10.1 Å². The summed E-state index contributed by atoms with van der Waals surface area (Å²) in [6, 6.07) is 16.3. The lowest BCUT2D eigenvalue weighted by Gasteiger charge is -2.10. The third-order valence-corrected chi connectivity index (χ3v) is 3.83. The molecule has 9 nitrogen and oxygen atoms in total. The summed E-state index contributed by atoms with van der Waals surface area (Å²) in [5.74, 6) is 1.25. The summed E-state index contributed by atoms with van der Waals surface area (Å²) < 4.78 is 11.3. The predicted octanol–water partition coefficient (Wildman–Crippen LogP) is 2.60. The summed E-state index contributed by atoms with van der Waals surface area (Å²) in [4.78, 5) is 37.5. The predicted molar refractivity (Wildman–Crippen MR) is 107 cm³/mol. The Morgan fingerprint density at radius 1 is 0.897 bits per heavy atom. The molecule has 2 aromatic carbocycles. The summed E-state index contributed by atoms with van der Waals surface area (Å²) in [5.41, 5.74) is -2.23. The van der Waals surface area contributed by atoms with E-state index in [-0.39, 0.29) is 12.3 Å². The molecule has 0 saturated heterocycles. The Morgan fingerprint density at radius 2 is 1.59 bits per heavy atom. The number of H-pyrrole nitrogens is 2. The molecule has 0 aliphatic rings. The van der Waals surface area contributed by atoms with E-state index < -0.39 is 21.9 Å². The van der Waals surface area contributed by atoms with Crippen LogP contribution in [0.1, 0.15) is 11.3 Å². The van der Waals surface area contributed by atoms with Gasteiger partial charge in [0.15, 0.2) is 0 Å². The molecule has 0 saturated carbocycles. The lowest BCUT2D eigenvalue weighted by molar-refractivity contribution is -0.386. The molecule has 0 aliphatic carbocycles. The fraction of sp³-hybridized carbons (Fsp3) is 0.100. The number of aromatic nitrogens is 2. The van der Waals surface area contributed by atoms with Crippen LogP contribution in [0.2, 0.25) is 0 Å². The molecule has 1 aromatic heterocycles. The zero-order chi connectivity index (χ0) is 20.6. The molecule has 2 N–H and O–H groups in total. The Bertz CT molecular complexity index is 1130. The van der Waals surface area contributed by atoms with Crippen LogP contribution in [0.25, 0.3) is 12.2 Å². The molecule has 0 fully saturated rings. The third kappa shape index (κ3) is 5.19. The average Bonchev–Trinajstić information content (AvgIpc) is 2.70. The van der Waals surface area contributed by atoms with E-state index in [2.05, 4.69) is 4.98 Å². The Kier molecular flexibility index (Phi) is 6.21. The van der Waals surface area contributed by atoms with Crippen LogP contribution >= 0.6 is 0 Å². The molecule has 0 aliphatic heterocycles. The van der Waals surface area contributed by atoms with Crippen molar-refractivity contribution in [3.63, 3.8) is 0 Å². The molecular formula is C20H17N3O6. The summed E-state index contributed by atoms with van der Waals surface area (Å²) in [7, 11) is 0. The SMILES string of the molecule is O=c1[nH]c(/C=C\c2ccccc2OCCOc2ccccc2)c([N+](=O)[O-])c(=O)[nH]1.